The van der Waals surface area contributed by atoms with E-state index in [1.165, 1.54) is 0 Å². The van der Waals surface area contributed by atoms with Crippen LogP contribution in [0.2, 0.25) is 0 Å². The molecule has 1 aromatic rings. The fraction of sp³-hybridized carbons (Fsp3) is 0.462. The van der Waals surface area contributed by atoms with E-state index in [0.29, 0.717) is 25.1 Å². The zero-order valence-corrected chi connectivity index (χ0v) is 12.6. The lowest BCUT2D eigenvalue weighted by molar-refractivity contribution is 0.0954. The van der Waals surface area contributed by atoms with E-state index in [4.69, 9.17) is 0 Å². The van der Waals surface area contributed by atoms with Gasteiger partial charge in [-0.1, -0.05) is 12.1 Å². The number of carbonyl (C=O) groups is 1. The topological polar surface area (TPSA) is 87.3 Å². The minimum atomic E-state index is -3.16. The number of carbonyl (C=O) groups excluding carboxylic acids is 1. The van der Waals surface area contributed by atoms with Crippen LogP contribution >= 0.6 is 0 Å². The van der Waals surface area contributed by atoms with E-state index < -0.39 is 10.0 Å². The summed E-state index contributed by atoms with van der Waals surface area (Å²) in [4.78, 5) is 12.0. The van der Waals surface area contributed by atoms with Gasteiger partial charge in [-0.3, -0.25) is 4.79 Å². The van der Waals surface area contributed by atoms with Gasteiger partial charge in [-0.2, -0.15) is 0 Å². The molecule has 0 heterocycles. The smallest absolute Gasteiger partial charge is 0.253 e. The summed E-state index contributed by atoms with van der Waals surface area (Å²) in [7, 11) is -3.16. The van der Waals surface area contributed by atoms with Crippen LogP contribution in [0, 0.1) is 0 Å². The molecule has 0 radical (unpaired) electrons. The quantitative estimate of drug-likeness (QED) is 0.619. The van der Waals surface area contributed by atoms with Crippen molar-refractivity contribution in [2.75, 3.05) is 31.2 Å². The molecular formula is C13H21N3O3S. The minimum absolute atomic E-state index is 0.166. The Morgan fingerprint density at radius 1 is 1.20 bits per heavy atom. The zero-order chi connectivity index (χ0) is 15.0. The summed E-state index contributed by atoms with van der Waals surface area (Å²) in [5.41, 5.74) is 1.38. The lowest BCUT2D eigenvalue weighted by atomic mass is 10.1. The van der Waals surface area contributed by atoms with E-state index in [1.807, 2.05) is 19.1 Å². The van der Waals surface area contributed by atoms with Gasteiger partial charge >= 0.3 is 0 Å². The van der Waals surface area contributed by atoms with Crippen molar-refractivity contribution in [2.45, 2.75) is 13.3 Å². The molecule has 1 rings (SSSR count). The maximum atomic E-state index is 12.0. The summed E-state index contributed by atoms with van der Waals surface area (Å²) in [5.74, 6) is -0.166. The van der Waals surface area contributed by atoms with Gasteiger partial charge in [-0.25, -0.2) is 13.1 Å². The first-order chi connectivity index (χ1) is 9.44. The molecular weight excluding hydrogens is 278 g/mol. The highest BCUT2D eigenvalue weighted by Gasteiger charge is 2.09. The monoisotopic (exact) mass is 299 g/mol. The van der Waals surface area contributed by atoms with E-state index in [-0.39, 0.29) is 5.91 Å². The molecule has 0 aliphatic rings. The number of para-hydroxylation sites is 1. The summed E-state index contributed by atoms with van der Waals surface area (Å²) < 4.78 is 24.1. The van der Waals surface area contributed by atoms with Gasteiger partial charge in [0.05, 0.1) is 11.8 Å². The van der Waals surface area contributed by atoms with Crippen molar-refractivity contribution in [1.29, 1.82) is 0 Å². The normalized spacial score (nSPS) is 11.1. The second-order valence-corrected chi connectivity index (χ2v) is 6.18. The molecule has 3 N–H and O–H groups in total. The van der Waals surface area contributed by atoms with E-state index in [9.17, 15) is 13.2 Å². The standard InChI is InChI=1S/C13H21N3O3S/c1-3-14-12-8-5-4-7-11(12)13(17)15-9-6-10-16-20(2,18)19/h4-5,7-8,14,16H,3,6,9-10H2,1-2H3,(H,15,17). The number of benzene rings is 1. The Morgan fingerprint density at radius 3 is 2.55 bits per heavy atom. The largest absolute Gasteiger partial charge is 0.385 e. The molecule has 0 unspecified atom stereocenters. The first-order valence-corrected chi connectivity index (χ1v) is 8.39. The Kier molecular flexibility index (Phi) is 6.47. The molecule has 1 aromatic carbocycles. The highest BCUT2D eigenvalue weighted by atomic mass is 32.2. The molecule has 112 valence electrons. The number of hydrogen-bond acceptors (Lipinski definition) is 4. The number of anilines is 1. The minimum Gasteiger partial charge on any atom is -0.385 e. The number of hydrogen-bond donors (Lipinski definition) is 3. The van der Waals surface area contributed by atoms with Crippen LogP contribution in [0.4, 0.5) is 5.69 Å². The van der Waals surface area contributed by atoms with Crippen molar-refractivity contribution >= 4 is 21.6 Å². The highest BCUT2D eigenvalue weighted by molar-refractivity contribution is 7.88. The second-order valence-electron chi connectivity index (χ2n) is 4.35. The van der Waals surface area contributed by atoms with Crippen LogP contribution in [0.5, 0.6) is 0 Å². The fourth-order valence-electron chi connectivity index (χ4n) is 1.67. The van der Waals surface area contributed by atoms with E-state index in [1.54, 1.807) is 12.1 Å². The van der Waals surface area contributed by atoms with Crippen molar-refractivity contribution in [3.05, 3.63) is 29.8 Å². The Morgan fingerprint density at radius 2 is 1.90 bits per heavy atom. The molecule has 0 aliphatic carbocycles. The van der Waals surface area contributed by atoms with Crippen LogP contribution < -0.4 is 15.4 Å². The first-order valence-electron chi connectivity index (χ1n) is 6.49. The van der Waals surface area contributed by atoms with Crippen LogP contribution in [-0.4, -0.2) is 40.2 Å². The molecule has 0 saturated carbocycles. The molecule has 20 heavy (non-hydrogen) atoms. The Labute approximate surface area is 120 Å². The van der Waals surface area contributed by atoms with Crippen molar-refractivity contribution < 1.29 is 13.2 Å². The predicted molar refractivity (Wildman–Crippen MR) is 80.4 cm³/mol. The van der Waals surface area contributed by atoms with Crippen LogP contribution in [0.1, 0.15) is 23.7 Å². The van der Waals surface area contributed by atoms with Gasteiger partial charge in [0.1, 0.15) is 0 Å². The number of sulfonamides is 1. The highest BCUT2D eigenvalue weighted by Crippen LogP contribution is 2.14. The molecule has 0 spiro atoms. The molecule has 0 aliphatic heterocycles. The average molecular weight is 299 g/mol. The first kappa shape index (κ1) is 16.5. The number of amides is 1. The summed E-state index contributed by atoms with van der Waals surface area (Å²) in [6.45, 7) is 3.43. The van der Waals surface area contributed by atoms with Gasteiger partial charge < -0.3 is 10.6 Å². The second kappa shape index (κ2) is 7.86. The third kappa shape index (κ3) is 6.03. The van der Waals surface area contributed by atoms with Crippen LogP contribution in [-0.2, 0) is 10.0 Å². The summed E-state index contributed by atoms with van der Waals surface area (Å²) in [6, 6.07) is 7.28. The number of nitrogens with one attached hydrogen (secondary N) is 3. The van der Waals surface area contributed by atoms with Crippen molar-refractivity contribution in [3.8, 4) is 0 Å². The Balaban J connectivity index is 2.43. The molecule has 0 saturated heterocycles. The zero-order valence-electron chi connectivity index (χ0n) is 11.8. The maximum Gasteiger partial charge on any atom is 0.253 e. The summed E-state index contributed by atoms with van der Waals surface area (Å²) in [6.07, 6.45) is 1.65. The SMILES string of the molecule is CCNc1ccccc1C(=O)NCCCNS(C)(=O)=O. The molecule has 1 amide bonds. The van der Waals surface area contributed by atoms with Crippen molar-refractivity contribution in [2.24, 2.45) is 0 Å². The van der Waals surface area contributed by atoms with Crippen LogP contribution in [0.3, 0.4) is 0 Å². The Bertz CT molecular complexity index is 544. The molecule has 7 heteroatoms. The molecule has 0 atom stereocenters. The summed E-state index contributed by atoms with van der Waals surface area (Å²) in [5, 5.41) is 5.90. The predicted octanol–water partition coefficient (Wildman–Crippen LogP) is 0.787. The van der Waals surface area contributed by atoms with Gasteiger partial charge in [0.15, 0.2) is 0 Å². The number of rotatable bonds is 8. The van der Waals surface area contributed by atoms with Gasteiger partial charge in [-0.05, 0) is 25.5 Å². The third-order valence-corrected chi connectivity index (χ3v) is 3.27. The van der Waals surface area contributed by atoms with Gasteiger partial charge in [0.2, 0.25) is 10.0 Å². The fourth-order valence-corrected chi connectivity index (χ4v) is 2.18. The Hall–Kier alpha value is -1.60. The molecule has 0 bridgehead atoms. The lowest BCUT2D eigenvalue weighted by Crippen LogP contribution is -2.29. The molecule has 0 aromatic heterocycles. The van der Waals surface area contributed by atoms with Crippen molar-refractivity contribution in [1.82, 2.24) is 10.0 Å². The third-order valence-electron chi connectivity index (χ3n) is 2.54. The van der Waals surface area contributed by atoms with Crippen LogP contribution in [0.25, 0.3) is 0 Å². The van der Waals surface area contributed by atoms with E-state index in [0.717, 1.165) is 18.5 Å². The maximum absolute atomic E-state index is 12.0. The lowest BCUT2D eigenvalue weighted by Gasteiger charge is -2.11. The molecule has 6 nitrogen and oxygen atoms in total. The molecule has 0 fully saturated rings. The van der Waals surface area contributed by atoms with Crippen molar-refractivity contribution in [3.63, 3.8) is 0 Å². The van der Waals surface area contributed by atoms with Gasteiger partial charge in [-0.15, -0.1) is 0 Å². The van der Waals surface area contributed by atoms with Crippen LogP contribution in [0.15, 0.2) is 24.3 Å². The van der Waals surface area contributed by atoms with Gasteiger partial charge in [0.25, 0.3) is 5.91 Å². The van der Waals surface area contributed by atoms with Gasteiger partial charge in [0, 0.05) is 25.3 Å². The van der Waals surface area contributed by atoms with E-state index in [2.05, 4.69) is 15.4 Å². The van der Waals surface area contributed by atoms with E-state index >= 15 is 0 Å². The summed E-state index contributed by atoms with van der Waals surface area (Å²) >= 11 is 0. The average Bonchev–Trinajstić information content (AvgIpc) is 2.38.